The summed E-state index contributed by atoms with van der Waals surface area (Å²) in [7, 11) is 0. The second-order valence-corrected chi connectivity index (χ2v) is 5.67. The normalized spacial score (nSPS) is 10.4. The largest absolute Gasteiger partial charge is 0.465 e. The van der Waals surface area contributed by atoms with E-state index in [0.29, 0.717) is 5.69 Å². The van der Waals surface area contributed by atoms with Gasteiger partial charge in [-0.1, -0.05) is 41.4 Å². The third kappa shape index (κ3) is 4.80. The topological polar surface area (TPSA) is 81.5 Å². The Morgan fingerprint density at radius 3 is 2.56 bits per heavy atom. The van der Waals surface area contributed by atoms with Gasteiger partial charge in [0.2, 0.25) is 5.91 Å². The minimum Gasteiger partial charge on any atom is -0.465 e. The van der Waals surface area contributed by atoms with Gasteiger partial charge in [0.1, 0.15) is 18.1 Å². The summed E-state index contributed by atoms with van der Waals surface area (Å²) in [6.07, 6.45) is 1.18. The standard InChI is InChI=1S/C16H15Cl2N3O4/c1-2-25-14(23)10-20(11-6-4-3-5-7-11)13(22)9-21-16(24)15(18)12(17)8-19-21/h3-8H,2,9-10H2,1H3. The molecule has 0 atom stereocenters. The lowest BCUT2D eigenvalue weighted by Gasteiger charge is -2.22. The molecule has 132 valence electrons. The number of amides is 1. The summed E-state index contributed by atoms with van der Waals surface area (Å²) in [5.74, 6) is -1.08. The Labute approximate surface area is 153 Å². The lowest BCUT2D eigenvalue weighted by Crippen LogP contribution is -2.41. The van der Waals surface area contributed by atoms with E-state index in [-0.39, 0.29) is 23.2 Å². The molecular weight excluding hydrogens is 369 g/mol. The van der Waals surface area contributed by atoms with Crippen LogP contribution in [0.5, 0.6) is 0 Å². The number of esters is 1. The lowest BCUT2D eigenvalue weighted by molar-refractivity contribution is -0.142. The molecule has 1 amide bonds. The number of carbonyl (C=O) groups is 2. The summed E-state index contributed by atoms with van der Waals surface area (Å²) >= 11 is 11.5. The van der Waals surface area contributed by atoms with Gasteiger partial charge < -0.3 is 4.74 Å². The van der Waals surface area contributed by atoms with Crippen LogP contribution in [0.25, 0.3) is 0 Å². The maximum atomic E-state index is 12.6. The Morgan fingerprint density at radius 1 is 1.24 bits per heavy atom. The molecule has 0 aliphatic rings. The van der Waals surface area contributed by atoms with Gasteiger partial charge in [0.25, 0.3) is 5.56 Å². The molecule has 0 radical (unpaired) electrons. The van der Waals surface area contributed by atoms with Crippen molar-refractivity contribution < 1.29 is 14.3 Å². The summed E-state index contributed by atoms with van der Waals surface area (Å²) < 4.78 is 5.78. The quantitative estimate of drug-likeness (QED) is 0.713. The van der Waals surface area contributed by atoms with Gasteiger partial charge in [-0.15, -0.1) is 0 Å². The van der Waals surface area contributed by atoms with E-state index < -0.39 is 24.0 Å². The Balaban J connectivity index is 2.28. The van der Waals surface area contributed by atoms with Gasteiger partial charge in [0.15, 0.2) is 0 Å². The van der Waals surface area contributed by atoms with E-state index in [2.05, 4.69) is 5.10 Å². The van der Waals surface area contributed by atoms with Crippen LogP contribution in [-0.2, 0) is 20.9 Å². The van der Waals surface area contributed by atoms with Crippen LogP contribution in [0.1, 0.15) is 6.92 Å². The van der Waals surface area contributed by atoms with Crippen molar-refractivity contribution in [3.05, 3.63) is 56.9 Å². The van der Waals surface area contributed by atoms with Gasteiger partial charge in [-0.3, -0.25) is 19.3 Å². The molecule has 7 nitrogen and oxygen atoms in total. The van der Waals surface area contributed by atoms with Gasteiger partial charge in [-0.2, -0.15) is 5.10 Å². The maximum absolute atomic E-state index is 12.6. The first-order valence-corrected chi connectivity index (χ1v) is 8.11. The number of nitrogens with zero attached hydrogens (tertiary/aromatic N) is 3. The van der Waals surface area contributed by atoms with Crippen molar-refractivity contribution in [3.8, 4) is 0 Å². The molecule has 0 unspecified atom stereocenters. The second-order valence-electron chi connectivity index (χ2n) is 4.89. The number of rotatable bonds is 6. The van der Waals surface area contributed by atoms with Crippen molar-refractivity contribution in [2.45, 2.75) is 13.5 Å². The number of halogens is 2. The predicted molar refractivity (Wildman–Crippen MR) is 93.9 cm³/mol. The Bertz CT molecular complexity index is 824. The molecular formula is C16H15Cl2N3O4. The highest BCUT2D eigenvalue weighted by Gasteiger charge is 2.21. The van der Waals surface area contributed by atoms with Crippen LogP contribution < -0.4 is 10.5 Å². The molecule has 9 heteroatoms. The zero-order valence-corrected chi connectivity index (χ0v) is 14.8. The molecule has 1 aromatic carbocycles. The van der Waals surface area contributed by atoms with Crippen LogP contribution in [0, 0.1) is 0 Å². The summed E-state index contributed by atoms with van der Waals surface area (Å²) in [5.41, 5.74) is -0.194. The summed E-state index contributed by atoms with van der Waals surface area (Å²) in [4.78, 5) is 37.7. The molecule has 2 aromatic rings. The Morgan fingerprint density at radius 2 is 1.92 bits per heavy atom. The van der Waals surface area contributed by atoms with Gasteiger partial charge in [0.05, 0.1) is 17.8 Å². The highest BCUT2D eigenvalue weighted by atomic mass is 35.5. The average molecular weight is 384 g/mol. The molecule has 1 aromatic heterocycles. The van der Waals surface area contributed by atoms with Crippen molar-refractivity contribution in [1.82, 2.24) is 9.78 Å². The van der Waals surface area contributed by atoms with Gasteiger partial charge >= 0.3 is 5.97 Å². The molecule has 0 saturated carbocycles. The number of benzene rings is 1. The second kappa shape index (κ2) is 8.64. The van der Waals surface area contributed by atoms with Crippen molar-refractivity contribution in [2.24, 2.45) is 0 Å². The third-order valence-corrected chi connectivity index (χ3v) is 3.94. The zero-order chi connectivity index (χ0) is 18.4. The van der Waals surface area contributed by atoms with Crippen molar-refractivity contribution in [3.63, 3.8) is 0 Å². The van der Waals surface area contributed by atoms with Crippen LogP contribution in [0.15, 0.2) is 41.3 Å². The summed E-state index contributed by atoms with van der Waals surface area (Å²) in [6, 6.07) is 8.57. The number of para-hydroxylation sites is 1. The first kappa shape index (κ1) is 19.0. The fourth-order valence-corrected chi connectivity index (χ4v) is 2.31. The predicted octanol–water partition coefficient (Wildman–Crippen LogP) is 2.15. The Kier molecular flexibility index (Phi) is 6.55. The molecule has 0 fully saturated rings. The highest BCUT2D eigenvalue weighted by molar-refractivity contribution is 6.41. The van der Waals surface area contributed by atoms with Crippen LogP contribution in [-0.4, -0.2) is 34.8 Å². The number of anilines is 1. The van der Waals surface area contributed by atoms with Crippen LogP contribution in [0.2, 0.25) is 10.0 Å². The van der Waals surface area contributed by atoms with E-state index >= 15 is 0 Å². The van der Waals surface area contributed by atoms with Crippen LogP contribution in [0.3, 0.4) is 0 Å². The van der Waals surface area contributed by atoms with Crippen molar-refractivity contribution in [1.29, 1.82) is 0 Å². The van der Waals surface area contributed by atoms with Gasteiger partial charge in [0, 0.05) is 5.69 Å². The molecule has 0 saturated heterocycles. The fraction of sp³-hybridized carbons (Fsp3) is 0.250. The van der Waals surface area contributed by atoms with E-state index in [1.165, 1.54) is 11.1 Å². The summed E-state index contributed by atoms with van der Waals surface area (Å²) in [6.45, 7) is 1.19. The van der Waals surface area contributed by atoms with E-state index in [1.807, 2.05) is 0 Å². The van der Waals surface area contributed by atoms with Gasteiger partial charge in [-0.05, 0) is 19.1 Å². The lowest BCUT2D eigenvalue weighted by atomic mass is 10.2. The molecule has 0 aliphatic heterocycles. The van der Waals surface area contributed by atoms with Gasteiger partial charge in [-0.25, -0.2) is 4.68 Å². The molecule has 2 rings (SSSR count). The van der Waals surface area contributed by atoms with E-state index in [0.717, 1.165) is 4.68 Å². The number of hydrogen-bond donors (Lipinski definition) is 0. The van der Waals surface area contributed by atoms with E-state index in [1.54, 1.807) is 37.3 Å². The number of aromatic nitrogens is 2. The van der Waals surface area contributed by atoms with E-state index in [4.69, 9.17) is 27.9 Å². The number of ether oxygens (including phenoxy) is 1. The minimum absolute atomic E-state index is 0.00167. The first-order chi connectivity index (χ1) is 11.9. The van der Waals surface area contributed by atoms with Crippen molar-refractivity contribution in [2.75, 3.05) is 18.1 Å². The number of carbonyl (C=O) groups excluding carboxylic acids is 2. The monoisotopic (exact) mass is 383 g/mol. The highest BCUT2D eigenvalue weighted by Crippen LogP contribution is 2.16. The SMILES string of the molecule is CCOC(=O)CN(C(=O)Cn1ncc(Cl)c(Cl)c1=O)c1ccccc1. The molecule has 1 heterocycles. The first-order valence-electron chi connectivity index (χ1n) is 7.36. The van der Waals surface area contributed by atoms with Crippen LogP contribution in [0.4, 0.5) is 5.69 Å². The molecule has 0 N–H and O–H groups in total. The average Bonchev–Trinajstić information content (AvgIpc) is 2.61. The third-order valence-electron chi connectivity index (χ3n) is 3.19. The molecule has 25 heavy (non-hydrogen) atoms. The zero-order valence-electron chi connectivity index (χ0n) is 13.3. The molecule has 0 spiro atoms. The smallest absolute Gasteiger partial charge is 0.326 e. The summed E-state index contributed by atoms with van der Waals surface area (Å²) in [5, 5.41) is 3.57. The molecule has 0 bridgehead atoms. The maximum Gasteiger partial charge on any atom is 0.326 e. The van der Waals surface area contributed by atoms with E-state index in [9.17, 15) is 14.4 Å². The molecule has 0 aliphatic carbocycles. The Hall–Kier alpha value is -2.38. The number of hydrogen-bond acceptors (Lipinski definition) is 5. The van der Waals surface area contributed by atoms with Crippen molar-refractivity contribution >= 4 is 40.8 Å². The van der Waals surface area contributed by atoms with Crippen LogP contribution >= 0.6 is 23.2 Å². The fourth-order valence-electron chi connectivity index (χ4n) is 2.04. The minimum atomic E-state index is -0.688.